The molecule has 3 amide bonds. The molecule has 1 aliphatic rings. The highest BCUT2D eigenvalue weighted by molar-refractivity contribution is 5.89. The largest absolute Gasteiger partial charge is 0.416 e. The number of aryl methyl sites for hydroxylation is 1. The van der Waals surface area contributed by atoms with Crippen molar-refractivity contribution in [1.82, 2.24) is 10.2 Å². The third kappa shape index (κ3) is 6.73. The molecule has 0 aromatic heterocycles. The highest BCUT2D eigenvalue weighted by atomic mass is 19.4. The third-order valence-electron chi connectivity index (χ3n) is 5.69. The first kappa shape index (κ1) is 23.6. The number of hydrogen-bond acceptors (Lipinski definition) is 2. The van der Waals surface area contributed by atoms with E-state index in [9.17, 15) is 22.8 Å². The number of benzene rings is 2. The van der Waals surface area contributed by atoms with Crippen molar-refractivity contribution in [2.45, 2.75) is 45.3 Å². The molecule has 1 fully saturated rings. The van der Waals surface area contributed by atoms with E-state index < -0.39 is 11.7 Å². The fraction of sp³-hybridized carbons (Fsp3) is 0.417. The van der Waals surface area contributed by atoms with Gasteiger partial charge in [0.05, 0.1) is 5.56 Å². The zero-order valence-corrected chi connectivity index (χ0v) is 18.0. The van der Waals surface area contributed by atoms with Crippen LogP contribution in [0.25, 0.3) is 0 Å². The van der Waals surface area contributed by atoms with Crippen LogP contribution in [0.4, 0.5) is 23.7 Å². The Morgan fingerprint density at radius 2 is 1.81 bits per heavy atom. The van der Waals surface area contributed by atoms with Gasteiger partial charge in [0.15, 0.2) is 0 Å². The minimum absolute atomic E-state index is 0.0463. The third-order valence-corrected chi connectivity index (χ3v) is 5.69. The van der Waals surface area contributed by atoms with E-state index in [2.05, 4.69) is 10.6 Å². The number of urea groups is 1. The minimum atomic E-state index is -4.45. The van der Waals surface area contributed by atoms with Crippen LogP contribution in [-0.4, -0.2) is 29.9 Å². The normalized spacial score (nSPS) is 16.5. The summed E-state index contributed by atoms with van der Waals surface area (Å²) in [6.07, 6.45) is -1.88. The van der Waals surface area contributed by atoms with Gasteiger partial charge in [-0.2, -0.15) is 13.2 Å². The van der Waals surface area contributed by atoms with E-state index in [0.29, 0.717) is 19.5 Å². The molecule has 2 N–H and O–H groups in total. The number of nitrogens with one attached hydrogen (secondary N) is 2. The Balaban J connectivity index is 1.45. The second kappa shape index (κ2) is 10.5. The number of likely N-dealkylation sites (tertiary alicyclic amines) is 1. The SMILES string of the molecule is Cc1ccc(NC(=O)N2CCC[C@@H](CCC(=O)NCc3ccccc3C(F)(F)F)C2)cc1. The van der Waals surface area contributed by atoms with Gasteiger partial charge in [-0.25, -0.2) is 4.79 Å². The van der Waals surface area contributed by atoms with Gasteiger partial charge in [0.1, 0.15) is 0 Å². The average molecular weight is 448 g/mol. The van der Waals surface area contributed by atoms with Crippen molar-refractivity contribution in [1.29, 1.82) is 0 Å². The molecule has 0 spiro atoms. The smallest absolute Gasteiger partial charge is 0.352 e. The van der Waals surface area contributed by atoms with Crippen molar-refractivity contribution in [3.8, 4) is 0 Å². The van der Waals surface area contributed by atoms with Crippen LogP contribution in [0.3, 0.4) is 0 Å². The van der Waals surface area contributed by atoms with E-state index in [4.69, 9.17) is 0 Å². The topological polar surface area (TPSA) is 61.4 Å². The van der Waals surface area contributed by atoms with Gasteiger partial charge in [0.25, 0.3) is 0 Å². The van der Waals surface area contributed by atoms with Gasteiger partial charge in [-0.3, -0.25) is 4.79 Å². The first-order chi connectivity index (χ1) is 15.2. The molecule has 32 heavy (non-hydrogen) atoms. The molecule has 3 rings (SSSR count). The molecule has 1 aliphatic heterocycles. The fourth-order valence-corrected chi connectivity index (χ4v) is 3.89. The highest BCUT2D eigenvalue weighted by Crippen LogP contribution is 2.31. The van der Waals surface area contributed by atoms with Crippen LogP contribution in [0.5, 0.6) is 0 Å². The second-order valence-electron chi connectivity index (χ2n) is 8.22. The molecule has 2 aromatic carbocycles. The zero-order valence-electron chi connectivity index (χ0n) is 18.0. The number of rotatable bonds is 6. The van der Waals surface area contributed by atoms with Crippen LogP contribution in [-0.2, 0) is 17.5 Å². The summed E-state index contributed by atoms with van der Waals surface area (Å²) in [5, 5.41) is 5.49. The molecule has 8 heteroatoms. The molecule has 2 aromatic rings. The molecule has 1 heterocycles. The second-order valence-corrected chi connectivity index (χ2v) is 8.22. The molecule has 5 nitrogen and oxygen atoms in total. The Morgan fingerprint density at radius 1 is 1.09 bits per heavy atom. The number of amides is 3. The van der Waals surface area contributed by atoms with Gasteiger partial charge < -0.3 is 15.5 Å². The van der Waals surface area contributed by atoms with Crippen LogP contribution in [0.15, 0.2) is 48.5 Å². The maximum absolute atomic E-state index is 13.1. The average Bonchev–Trinajstić information content (AvgIpc) is 2.77. The van der Waals surface area contributed by atoms with E-state index in [-0.39, 0.29) is 36.4 Å². The number of hydrogen-bond donors (Lipinski definition) is 2. The molecular formula is C24H28F3N3O2. The van der Waals surface area contributed by atoms with Gasteiger partial charge in [-0.05, 0) is 55.9 Å². The van der Waals surface area contributed by atoms with Gasteiger partial charge in [-0.1, -0.05) is 35.9 Å². The van der Waals surface area contributed by atoms with Gasteiger partial charge in [0, 0.05) is 31.7 Å². The van der Waals surface area contributed by atoms with Crippen LogP contribution < -0.4 is 10.6 Å². The summed E-state index contributed by atoms with van der Waals surface area (Å²) in [6, 6.07) is 12.7. The highest BCUT2D eigenvalue weighted by Gasteiger charge is 2.32. The lowest BCUT2D eigenvalue weighted by molar-refractivity contribution is -0.138. The summed E-state index contributed by atoms with van der Waals surface area (Å²) in [5.74, 6) is -0.107. The fourth-order valence-electron chi connectivity index (χ4n) is 3.89. The Hall–Kier alpha value is -3.03. The number of nitrogens with zero attached hydrogens (tertiary/aromatic N) is 1. The summed E-state index contributed by atoms with van der Waals surface area (Å²) in [6.45, 7) is 3.03. The predicted octanol–water partition coefficient (Wildman–Crippen LogP) is 5.35. The van der Waals surface area contributed by atoms with E-state index in [0.717, 1.165) is 30.2 Å². The van der Waals surface area contributed by atoms with Gasteiger partial charge in [-0.15, -0.1) is 0 Å². The molecule has 0 bridgehead atoms. The summed E-state index contributed by atoms with van der Waals surface area (Å²) in [5.41, 5.74) is 1.16. The van der Waals surface area contributed by atoms with E-state index in [1.54, 1.807) is 4.90 Å². The van der Waals surface area contributed by atoms with E-state index in [1.165, 1.54) is 18.2 Å². The van der Waals surface area contributed by atoms with Crippen molar-refractivity contribution >= 4 is 17.6 Å². The number of anilines is 1. The lowest BCUT2D eigenvalue weighted by atomic mass is 9.93. The number of halogens is 3. The molecular weight excluding hydrogens is 419 g/mol. The van der Waals surface area contributed by atoms with E-state index >= 15 is 0 Å². The molecule has 1 saturated heterocycles. The number of carbonyl (C=O) groups excluding carboxylic acids is 2. The first-order valence-corrected chi connectivity index (χ1v) is 10.8. The van der Waals surface area contributed by atoms with Crippen molar-refractivity contribution < 1.29 is 22.8 Å². The standard InChI is InChI=1S/C24H28F3N3O2/c1-17-8-11-20(12-9-17)29-23(32)30-14-4-5-18(16-30)10-13-22(31)28-15-19-6-2-3-7-21(19)24(25,26)27/h2-3,6-9,11-12,18H,4-5,10,13-16H2,1H3,(H,28,31)(H,29,32)/t18-/m0/s1. The van der Waals surface area contributed by atoms with Crippen molar-refractivity contribution in [2.24, 2.45) is 5.92 Å². The first-order valence-electron chi connectivity index (χ1n) is 10.8. The number of carbonyl (C=O) groups is 2. The van der Waals surface area contributed by atoms with Gasteiger partial charge in [0.2, 0.25) is 5.91 Å². The molecule has 0 saturated carbocycles. The van der Waals surface area contributed by atoms with Crippen LogP contribution in [0, 0.1) is 12.8 Å². The predicted molar refractivity (Wildman–Crippen MR) is 117 cm³/mol. The summed E-state index contributed by atoms with van der Waals surface area (Å²) in [7, 11) is 0. The quantitative estimate of drug-likeness (QED) is 0.627. The lowest BCUT2D eigenvalue weighted by Crippen LogP contribution is -2.42. The maximum Gasteiger partial charge on any atom is 0.416 e. The van der Waals surface area contributed by atoms with Crippen LogP contribution in [0.1, 0.15) is 42.4 Å². The number of piperidine rings is 1. The Morgan fingerprint density at radius 3 is 2.53 bits per heavy atom. The van der Waals surface area contributed by atoms with Crippen molar-refractivity contribution in [3.05, 3.63) is 65.2 Å². The molecule has 0 aliphatic carbocycles. The summed E-state index contributed by atoms with van der Waals surface area (Å²) < 4.78 is 39.2. The molecule has 1 atom stereocenters. The Bertz CT molecular complexity index is 929. The minimum Gasteiger partial charge on any atom is -0.352 e. The maximum atomic E-state index is 13.1. The van der Waals surface area contributed by atoms with Crippen LogP contribution >= 0.6 is 0 Å². The Kier molecular flexibility index (Phi) is 7.77. The number of alkyl halides is 3. The lowest BCUT2D eigenvalue weighted by Gasteiger charge is -2.32. The van der Waals surface area contributed by atoms with Crippen LogP contribution in [0.2, 0.25) is 0 Å². The summed E-state index contributed by atoms with van der Waals surface area (Å²) >= 11 is 0. The summed E-state index contributed by atoms with van der Waals surface area (Å²) in [4.78, 5) is 26.5. The molecule has 0 radical (unpaired) electrons. The van der Waals surface area contributed by atoms with E-state index in [1.807, 2.05) is 31.2 Å². The van der Waals surface area contributed by atoms with Crippen molar-refractivity contribution in [3.63, 3.8) is 0 Å². The van der Waals surface area contributed by atoms with Gasteiger partial charge >= 0.3 is 12.2 Å². The molecule has 172 valence electrons. The van der Waals surface area contributed by atoms with Crippen molar-refractivity contribution in [2.75, 3.05) is 18.4 Å². The monoisotopic (exact) mass is 447 g/mol. The zero-order chi connectivity index (χ0) is 23.1. The Labute approximate surface area is 186 Å². The molecule has 0 unspecified atom stereocenters.